The number of ketones is 3. The highest BCUT2D eigenvalue weighted by Crippen LogP contribution is 2.57. The van der Waals surface area contributed by atoms with E-state index in [1.807, 2.05) is 30.3 Å². The minimum atomic E-state index is -1.50. The van der Waals surface area contributed by atoms with Gasteiger partial charge in [-0.3, -0.25) is 14.4 Å². The Labute approximate surface area is 197 Å². The van der Waals surface area contributed by atoms with Gasteiger partial charge in [-0.2, -0.15) is 0 Å². The fourth-order valence-corrected chi connectivity index (χ4v) is 4.66. The van der Waals surface area contributed by atoms with E-state index >= 15 is 0 Å². The summed E-state index contributed by atoms with van der Waals surface area (Å²) in [4.78, 5) is 38.9. The molecule has 2 aliphatic rings. The molecule has 0 fully saturated rings. The van der Waals surface area contributed by atoms with Crippen LogP contribution in [0.4, 0.5) is 0 Å². The van der Waals surface area contributed by atoms with Crippen LogP contribution in [0.15, 0.2) is 53.4 Å². The molecular formula is C27H27NO6. The van der Waals surface area contributed by atoms with E-state index in [1.165, 1.54) is 25.5 Å². The van der Waals surface area contributed by atoms with Crippen molar-refractivity contribution in [2.24, 2.45) is 0 Å². The first kappa shape index (κ1) is 23.3. The van der Waals surface area contributed by atoms with Gasteiger partial charge in [-0.25, -0.2) is 0 Å². The number of carbonyl (C=O) groups is 3. The molecule has 0 aromatic heterocycles. The Morgan fingerprint density at radius 3 is 2.41 bits per heavy atom. The molecule has 7 heteroatoms. The van der Waals surface area contributed by atoms with Gasteiger partial charge in [-0.1, -0.05) is 30.3 Å². The number of phenolic OH excluding ortho intramolecular Hbond substituents is 2. The van der Waals surface area contributed by atoms with Crippen LogP contribution in [0.2, 0.25) is 0 Å². The molecule has 0 spiro atoms. The molecule has 0 bridgehead atoms. The molecule has 7 nitrogen and oxygen atoms in total. The minimum absolute atomic E-state index is 0.0167. The third-order valence-corrected chi connectivity index (χ3v) is 6.64. The zero-order chi connectivity index (χ0) is 24.8. The summed E-state index contributed by atoms with van der Waals surface area (Å²) < 4.78 is 5.78. The molecule has 2 aromatic rings. The Hall–Kier alpha value is -3.87. The van der Waals surface area contributed by atoms with Gasteiger partial charge in [0.25, 0.3) is 0 Å². The van der Waals surface area contributed by atoms with Gasteiger partial charge in [-0.05, 0) is 46.1 Å². The molecular weight excluding hydrogens is 434 g/mol. The van der Waals surface area contributed by atoms with Gasteiger partial charge in [0.05, 0.1) is 11.1 Å². The number of nitrogens with one attached hydrogen (secondary N) is 1. The van der Waals surface area contributed by atoms with E-state index in [9.17, 15) is 24.6 Å². The molecule has 0 amide bonds. The van der Waals surface area contributed by atoms with Crippen LogP contribution in [0.25, 0.3) is 0 Å². The first-order chi connectivity index (χ1) is 16.1. The second-order valence-electron chi connectivity index (χ2n) is 8.90. The monoisotopic (exact) mass is 461 g/mol. The summed E-state index contributed by atoms with van der Waals surface area (Å²) in [6.07, 6.45) is 2.88. The van der Waals surface area contributed by atoms with Crippen molar-refractivity contribution in [1.29, 1.82) is 0 Å². The van der Waals surface area contributed by atoms with Gasteiger partial charge in [0.2, 0.25) is 0 Å². The van der Waals surface area contributed by atoms with Crippen molar-refractivity contribution in [3.63, 3.8) is 0 Å². The van der Waals surface area contributed by atoms with Crippen molar-refractivity contribution in [2.75, 3.05) is 6.54 Å². The number of Topliss-reactive ketones (excluding diaryl/α,β-unsaturated/α-hetero) is 2. The number of rotatable bonds is 6. The molecule has 1 heterocycles. The number of benzene rings is 2. The SMILES string of the molecule is CC(=O)c1c(O)c(C)c(O)c2c1OC1=CC(=O)/C(=C(/C)NCCCc3ccccc3)C(=O)[C@@]12C. The van der Waals surface area contributed by atoms with E-state index in [-0.39, 0.29) is 39.5 Å². The molecule has 0 unspecified atom stereocenters. The van der Waals surface area contributed by atoms with Gasteiger partial charge in [-0.15, -0.1) is 0 Å². The third kappa shape index (κ3) is 3.48. The van der Waals surface area contributed by atoms with Crippen molar-refractivity contribution in [3.8, 4) is 17.2 Å². The Balaban J connectivity index is 1.69. The highest BCUT2D eigenvalue weighted by molar-refractivity contribution is 6.31. The summed E-state index contributed by atoms with van der Waals surface area (Å²) in [5.74, 6) is -2.32. The van der Waals surface area contributed by atoms with E-state index in [0.29, 0.717) is 12.2 Å². The van der Waals surface area contributed by atoms with Crippen LogP contribution in [0.5, 0.6) is 17.2 Å². The van der Waals surface area contributed by atoms with Gasteiger partial charge in [0.1, 0.15) is 34.0 Å². The molecule has 0 saturated heterocycles. The second kappa shape index (κ2) is 8.48. The Morgan fingerprint density at radius 2 is 1.76 bits per heavy atom. The quantitative estimate of drug-likeness (QED) is 0.260. The molecule has 1 aliphatic carbocycles. The number of phenols is 2. The molecule has 1 atom stereocenters. The van der Waals surface area contributed by atoms with Crippen LogP contribution in [0.3, 0.4) is 0 Å². The van der Waals surface area contributed by atoms with Crippen LogP contribution < -0.4 is 10.1 Å². The predicted molar refractivity (Wildman–Crippen MR) is 126 cm³/mol. The van der Waals surface area contributed by atoms with Crippen LogP contribution in [0, 0.1) is 6.92 Å². The number of allylic oxidation sites excluding steroid dienone is 4. The minimum Gasteiger partial charge on any atom is -0.507 e. The lowest BCUT2D eigenvalue weighted by Crippen LogP contribution is -2.41. The van der Waals surface area contributed by atoms with E-state index in [0.717, 1.165) is 12.8 Å². The number of fused-ring (bicyclic) bond motifs is 3. The molecule has 176 valence electrons. The molecule has 0 saturated carbocycles. The van der Waals surface area contributed by atoms with Crippen LogP contribution in [-0.2, 0) is 21.4 Å². The van der Waals surface area contributed by atoms with Crippen LogP contribution in [-0.4, -0.2) is 34.1 Å². The van der Waals surface area contributed by atoms with Gasteiger partial charge in [0.15, 0.2) is 17.3 Å². The fraction of sp³-hybridized carbons (Fsp3) is 0.296. The Kier molecular flexibility index (Phi) is 5.81. The summed E-state index contributed by atoms with van der Waals surface area (Å²) >= 11 is 0. The van der Waals surface area contributed by atoms with Gasteiger partial charge < -0.3 is 20.3 Å². The van der Waals surface area contributed by atoms with E-state index in [4.69, 9.17) is 4.74 Å². The Morgan fingerprint density at radius 1 is 1.09 bits per heavy atom. The lowest BCUT2D eigenvalue weighted by Gasteiger charge is -2.29. The third-order valence-electron chi connectivity index (χ3n) is 6.64. The topological polar surface area (TPSA) is 113 Å². The standard InChI is InChI=1S/C27H27NO6/c1-14-23(31)21(16(3)29)25-22(24(14)32)27(4)19(34-25)13-18(30)20(26(27)33)15(2)28-12-8-11-17-9-6-5-7-10-17/h5-7,9-10,13,28,31-32H,8,11-12H2,1-4H3/b20-15+/t27-/m0/s1. The van der Waals surface area contributed by atoms with E-state index in [2.05, 4.69) is 5.32 Å². The highest BCUT2D eigenvalue weighted by Gasteiger charge is 2.56. The lowest BCUT2D eigenvalue weighted by atomic mass is 9.70. The van der Waals surface area contributed by atoms with Crippen molar-refractivity contribution >= 4 is 17.3 Å². The van der Waals surface area contributed by atoms with Crippen molar-refractivity contribution < 1.29 is 29.3 Å². The maximum absolute atomic E-state index is 13.7. The number of aromatic hydroxyl groups is 2. The maximum Gasteiger partial charge on any atom is 0.194 e. The maximum atomic E-state index is 13.7. The number of ether oxygens (including phenoxy) is 1. The van der Waals surface area contributed by atoms with Gasteiger partial charge in [0, 0.05) is 23.9 Å². The molecule has 34 heavy (non-hydrogen) atoms. The zero-order valence-electron chi connectivity index (χ0n) is 19.6. The van der Waals surface area contributed by atoms with Crippen molar-refractivity contribution in [3.05, 3.63) is 75.7 Å². The van der Waals surface area contributed by atoms with Crippen LogP contribution in [0.1, 0.15) is 54.2 Å². The average Bonchev–Trinajstić information content (AvgIpc) is 3.09. The summed E-state index contributed by atoms with van der Waals surface area (Å²) in [6.45, 7) is 6.52. The number of aryl methyl sites for hydroxylation is 1. The predicted octanol–water partition coefficient (Wildman–Crippen LogP) is 3.79. The molecule has 4 rings (SSSR count). The van der Waals surface area contributed by atoms with Gasteiger partial charge >= 0.3 is 0 Å². The smallest absolute Gasteiger partial charge is 0.194 e. The second-order valence-corrected chi connectivity index (χ2v) is 8.90. The Bertz CT molecular complexity index is 1290. The lowest BCUT2D eigenvalue weighted by molar-refractivity contribution is -0.123. The summed E-state index contributed by atoms with van der Waals surface area (Å²) in [5.41, 5.74) is 0.162. The summed E-state index contributed by atoms with van der Waals surface area (Å²) in [5, 5.41) is 24.5. The zero-order valence-corrected chi connectivity index (χ0v) is 19.6. The number of carbonyl (C=O) groups excluding carboxylic acids is 3. The molecule has 2 aromatic carbocycles. The fourth-order valence-electron chi connectivity index (χ4n) is 4.66. The van der Waals surface area contributed by atoms with Crippen molar-refractivity contribution in [2.45, 2.75) is 46.0 Å². The first-order valence-corrected chi connectivity index (χ1v) is 11.2. The average molecular weight is 462 g/mol. The number of hydrogen-bond donors (Lipinski definition) is 3. The number of hydrogen-bond acceptors (Lipinski definition) is 7. The van der Waals surface area contributed by atoms with Crippen molar-refractivity contribution in [1.82, 2.24) is 5.32 Å². The first-order valence-electron chi connectivity index (χ1n) is 11.2. The largest absolute Gasteiger partial charge is 0.507 e. The normalized spacial score (nSPS) is 20.3. The summed E-state index contributed by atoms with van der Waals surface area (Å²) in [6, 6.07) is 10.0. The molecule has 0 radical (unpaired) electrons. The van der Waals surface area contributed by atoms with E-state index in [1.54, 1.807) is 13.8 Å². The summed E-state index contributed by atoms with van der Waals surface area (Å²) in [7, 11) is 0. The van der Waals surface area contributed by atoms with E-state index < -0.39 is 28.5 Å². The van der Waals surface area contributed by atoms with Crippen LogP contribution >= 0.6 is 0 Å². The highest BCUT2D eigenvalue weighted by atomic mass is 16.5. The molecule has 1 aliphatic heterocycles. The molecule has 3 N–H and O–H groups in total.